The minimum absolute atomic E-state index is 0.0170. The lowest BCUT2D eigenvalue weighted by atomic mass is 10.1. The lowest BCUT2D eigenvalue weighted by Crippen LogP contribution is -2.07. The van der Waals surface area contributed by atoms with Crippen LogP contribution in [0.1, 0.15) is 18.5 Å². The Balaban J connectivity index is 2.23. The number of nitrogens with one attached hydrogen (secondary N) is 1. The summed E-state index contributed by atoms with van der Waals surface area (Å²) in [6.07, 6.45) is 0. The van der Waals surface area contributed by atoms with Crippen molar-refractivity contribution >= 4 is 23.0 Å². The van der Waals surface area contributed by atoms with E-state index in [9.17, 15) is 18.9 Å². The van der Waals surface area contributed by atoms with E-state index in [1.807, 2.05) is 0 Å². The third-order valence-electron chi connectivity index (χ3n) is 2.97. The zero-order chi connectivity index (χ0) is 15.6. The molecule has 1 N–H and O–H groups in total. The second kappa shape index (κ2) is 6.05. The van der Waals surface area contributed by atoms with Gasteiger partial charge in [0.15, 0.2) is 0 Å². The molecule has 2 aromatic rings. The standard InChI is InChI=1S/C14H11ClF2N2O2/c1-8(9-2-4-11(15)13(17)6-9)18-10-3-5-12(16)14(7-10)19(20)21/h2-8,18H,1H3. The predicted molar refractivity (Wildman–Crippen MR) is 76.5 cm³/mol. The van der Waals surface area contributed by atoms with Gasteiger partial charge < -0.3 is 5.32 Å². The highest BCUT2D eigenvalue weighted by Gasteiger charge is 2.15. The Morgan fingerprint density at radius 2 is 1.90 bits per heavy atom. The van der Waals surface area contributed by atoms with E-state index in [2.05, 4.69) is 5.32 Å². The van der Waals surface area contributed by atoms with Crippen LogP contribution in [0.25, 0.3) is 0 Å². The van der Waals surface area contributed by atoms with Crippen molar-refractivity contribution in [1.82, 2.24) is 0 Å². The normalized spacial score (nSPS) is 12.0. The minimum atomic E-state index is -0.907. The van der Waals surface area contributed by atoms with E-state index in [1.165, 1.54) is 18.2 Å². The van der Waals surface area contributed by atoms with Crippen molar-refractivity contribution in [3.8, 4) is 0 Å². The van der Waals surface area contributed by atoms with Gasteiger partial charge in [-0.05, 0) is 36.8 Å². The van der Waals surface area contributed by atoms with Crippen molar-refractivity contribution in [2.24, 2.45) is 0 Å². The van der Waals surface area contributed by atoms with Crippen LogP contribution in [0.15, 0.2) is 36.4 Å². The van der Waals surface area contributed by atoms with Gasteiger partial charge in [0.05, 0.1) is 9.95 Å². The third kappa shape index (κ3) is 3.46. The molecule has 0 saturated carbocycles. The zero-order valence-electron chi connectivity index (χ0n) is 10.9. The Morgan fingerprint density at radius 1 is 1.19 bits per heavy atom. The van der Waals surface area contributed by atoms with Gasteiger partial charge in [-0.3, -0.25) is 10.1 Å². The molecule has 0 aliphatic heterocycles. The van der Waals surface area contributed by atoms with E-state index in [-0.39, 0.29) is 11.1 Å². The van der Waals surface area contributed by atoms with Gasteiger partial charge in [0, 0.05) is 17.8 Å². The first-order valence-electron chi connectivity index (χ1n) is 6.04. The van der Waals surface area contributed by atoms with Crippen molar-refractivity contribution in [2.45, 2.75) is 13.0 Å². The number of rotatable bonds is 4. The fourth-order valence-electron chi connectivity index (χ4n) is 1.86. The molecule has 110 valence electrons. The fourth-order valence-corrected chi connectivity index (χ4v) is 1.97. The van der Waals surface area contributed by atoms with Gasteiger partial charge >= 0.3 is 5.69 Å². The summed E-state index contributed by atoms with van der Waals surface area (Å²) in [5.74, 6) is -1.45. The van der Waals surface area contributed by atoms with Gasteiger partial charge in [0.2, 0.25) is 5.82 Å². The lowest BCUT2D eigenvalue weighted by molar-refractivity contribution is -0.387. The average molecular weight is 313 g/mol. The van der Waals surface area contributed by atoms with Crippen LogP contribution in [0.4, 0.5) is 20.2 Å². The van der Waals surface area contributed by atoms with Crippen molar-refractivity contribution in [1.29, 1.82) is 0 Å². The Kier molecular flexibility index (Phi) is 4.37. The van der Waals surface area contributed by atoms with E-state index < -0.39 is 22.2 Å². The molecule has 0 aromatic heterocycles. The van der Waals surface area contributed by atoms with Crippen molar-refractivity contribution in [3.05, 3.63) is 68.7 Å². The molecular formula is C14H11ClF2N2O2. The average Bonchev–Trinajstić information content (AvgIpc) is 2.43. The van der Waals surface area contributed by atoms with E-state index in [4.69, 9.17) is 11.6 Å². The maximum Gasteiger partial charge on any atom is 0.306 e. The topological polar surface area (TPSA) is 55.2 Å². The molecule has 0 bridgehead atoms. The first kappa shape index (κ1) is 15.2. The summed E-state index contributed by atoms with van der Waals surface area (Å²) < 4.78 is 26.6. The van der Waals surface area contributed by atoms with Crippen LogP contribution in [0.3, 0.4) is 0 Å². The Bertz CT molecular complexity index is 695. The number of benzene rings is 2. The quantitative estimate of drug-likeness (QED) is 0.657. The van der Waals surface area contributed by atoms with Crippen LogP contribution in [-0.2, 0) is 0 Å². The van der Waals surface area contributed by atoms with Crippen molar-refractivity contribution in [2.75, 3.05) is 5.32 Å². The highest BCUT2D eigenvalue weighted by Crippen LogP contribution is 2.26. The molecular weight excluding hydrogens is 302 g/mol. The number of nitrogens with zero attached hydrogens (tertiary/aromatic N) is 1. The highest BCUT2D eigenvalue weighted by molar-refractivity contribution is 6.30. The number of hydrogen-bond donors (Lipinski definition) is 1. The number of anilines is 1. The summed E-state index contributed by atoms with van der Waals surface area (Å²) in [5.41, 5.74) is 0.365. The molecule has 0 aliphatic carbocycles. The van der Waals surface area contributed by atoms with Crippen LogP contribution in [0.2, 0.25) is 5.02 Å². The van der Waals surface area contributed by atoms with E-state index in [0.717, 1.165) is 12.1 Å². The van der Waals surface area contributed by atoms with Gasteiger partial charge in [0.1, 0.15) is 5.82 Å². The summed E-state index contributed by atoms with van der Waals surface area (Å²) in [7, 11) is 0. The molecule has 2 rings (SSSR count). The molecule has 0 saturated heterocycles. The molecule has 21 heavy (non-hydrogen) atoms. The summed E-state index contributed by atoms with van der Waals surface area (Å²) in [5, 5.41) is 13.6. The Morgan fingerprint density at radius 3 is 2.52 bits per heavy atom. The molecule has 1 atom stereocenters. The molecule has 0 fully saturated rings. The molecule has 0 spiro atoms. The Hall–Kier alpha value is -2.21. The van der Waals surface area contributed by atoms with Crippen LogP contribution < -0.4 is 5.32 Å². The van der Waals surface area contributed by atoms with Gasteiger partial charge in [0.25, 0.3) is 0 Å². The third-order valence-corrected chi connectivity index (χ3v) is 3.28. The highest BCUT2D eigenvalue weighted by atomic mass is 35.5. The van der Waals surface area contributed by atoms with Gasteiger partial charge in [-0.1, -0.05) is 17.7 Å². The van der Waals surface area contributed by atoms with Crippen LogP contribution in [-0.4, -0.2) is 4.92 Å². The minimum Gasteiger partial charge on any atom is -0.378 e. The molecule has 4 nitrogen and oxygen atoms in total. The van der Waals surface area contributed by atoms with E-state index in [0.29, 0.717) is 11.3 Å². The summed E-state index contributed by atoms with van der Waals surface area (Å²) >= 11 is 5.61. The number of nitro benzene ring substituents is 1. The summed E-state index contributed by atoms with van der Waals surface area (Å²) in [6, 6.07) is 7.50. The van der Waals surface area contributed by atoms with Crippen LogP contribution >= 0.6 is 11.6 Å². The number of nitro groups is 1. The van der Waals surface area contributed by atoms with Crippen molar-refractivity contribution < 1.29 is 13.7 Å². The number of hydrogen-bond acceptors (Lipinski definition) is 3. The lowest BCUT2D eigenvalue weighted by Gasteiger charge is -2.16. The summed E-state index contributed by atoms with van der Waals surface area (Å²) in [6.45, 7) is 1.75. The molecule has 0 aliphatic rings. The maximum atomic E-state index is 13.4. The number of halogens is 3. The van der Waals surface area contributed by atoms with Crippen molar-refractivity contribution in [3.63, 3.8) is 0 Å². The van der Waals surface area contributed by atoms with Gasteiger partial charge in [-0.2, -0.15) is 4.39 Å². The second-order valence-corrected chi connectivity index (χ2v) is 4.87. The van der Waals surface area contributed by atoms with Gasteiger partial charge in [-0.25, -0.2) is 4.39 Å². The molecule has 7 heteroatoms. The molecule has 0 amide bonds. The monoisotopic (exact) mass is 312 g/mol. The fraction of sp³-hybridized carbons (Fsp3) is 0.143. The Labute approximate surface area is 124 Å². The SMILES string of the molecule is CC(Nc1ccc(F)c([N+](=O)[O-])c1)c1ccc(Cl)c(F)c1. The van der Waals surface area contributed by atoms with Crippen LogP contribution in [0, 0.1) is 21.7 Å². The maximum absolute atomic E-state index is 13.4. The first-order valence-corrected chi connectivity index (χ1v) is 6.41. The smallest absolute Gasteiger partial charge is 0.306 e. The van der Waals surface area contributed by atoms with E-state index in [1.54, 1.807) is 13.0 Å². The molecule has 1 unspecified atom stereocenters. The molecule has 0 heterocycles. The predicted octanol–water partition coefficient (Wildman–Crippen LogP) is 4.70. The summed E-state index contributed by atoms with van der Waals surface area (Å²) in [4.78, 5) is 9.89. The molecule has 2 aromatic carbocycles. The zero-order valence-corrected chi connectivity index (χ0v) is 11.7. The van der Waals surface area contributed by atoms with E-state index >= 15 is 0 Å². The second-order valence-electron chi connectivity index (χ2n) is 4.46. The van der Waals surface area contributed by atoms with Gasteiger partial charge in [-0.15, -0.1) is 0 Å². The molecule has 0 radical (unpaired) electrons. The largest absolute Gasteiger partial charge is 0.378 e. The van der Waals surface area contributed by atoms with Crippen LogP contribution in [0.5, 0.6) is 0 Å². The first-order chi connectivity index (χ1) is 9.88.